The number of hydrogen-bond donors (Lipinski definition) is 0. The molecule has 0 amide bonds. The molecule has 0 bridgehead atoms. The Morgan fingerprint density at radius 1 is 1.23 bits per heavy atom. The fraction of sp³-hybridized carbons (Fsp3) is 0.273. The van der Waals surface area contributed by atoms with Crippen LogP contribution >= 0.6 is 0 Å². The van der Waals surface area contributed by atoms with E-state index in [2.05, 4.69) is 5.16 Å². The van der Waals surface area contributed by atoms with Gasteiger partial charge in [-0.05, 0) is 36.6 Å². The molecule has 0 spiro atoms. The minimum atomic E-state index is -4.51. The summed E-state index contributed by atoms with van der Waals surface area (Å²) in [6.07, 6.45) is 2.11. The fourth-order valence-electron chi connectivity index (χ4n) is 3.22. The smallest absolute Gasteiger partial charge is 0.318 e. The number of hydrogen-bond acceptors (Lipinski definition) is 4. The zero-order valence-electron chi connectivity index (χ0n) is 16.4. The number of alkyl halides is 3. The standard InChI is InChI=1S/C22H19F3N3O3/c23-22(24,25)17-6-3-5-16(13-17)18-14-27(19-7-1-2-12-28(19)20(18)29)11-4-10-26-31-21(30)15-8-9-15/h1-3,5-7,10,12-15H,4,8-9,11H2/q+1. The molecule has 31 heavy (non-hydrogen) atoms. The molecular weight excluding hydrogens is 411 g/mol. The van der Waals surface area contributed by atoms with Crippen LogP contribution in [0.15, 0.2) is 64.8 Å². The van der Waals surface area contributed by atoms with Gasteiger partial charge in [-0.1, -0.05) is 23.4 Å². The Labute approximate surface area is 175 Å². The Kier molecular flexibility index (Phi) is 5.58. The second-order valence-electron chi connectivity index (χ2n) is 7.31. The molecule has 1 aliphatic carbocycles. The number of carbonyl (C=O) groups excluding carboxylic acids is 1. The SMILES string of the molecule is O=C(ON=CCC[n+]1cc(-c2cccc(C(F)(F)F)c2)c(=O)n2ccccc21)C1CC1. The van der Waals surface area contributed by atoms with Crippen LogP contribution in [-0.2, 0) is 22.4 Å². The quantitative estimate of drug-likeness (QED) is 0.260. The van der Waals surface area contributed by atoms with Crippen molar-refractivity contribution in [2.45, 2.75) is 32.0 Å². The monoisotopic (exact) mass is 430 g/mol. The largest absolute Gasteiger partial charge is 0.416 e. The number of nitrogens with zero attached hydrogens (tertiary/aromatic N) is 3. The summed E-state index contributed by atoms with van der Waals surface area (Å²) in [5.41, 5.74) is -0.339. The highest BCUT2D eigenvalue weighted by Gasteiger charge is 2.32. The maximum Gasteiger partial charge on any atom is 0.416 e. The lowest BCUT2D eigenvalue weighted by Gasteiger charge is -2.09. The number of rotatable bonds is 6. The van der Waals surface area contributed by atoms with Gasteiger partial charge < -0.3 is 4.84 Å². The third kappa shape index (κ3) is 4.65. The van der Waals surface area contributed by atoms with Crippen LogP contribution in [0.25, 0.3) is 16.8 Å². The van der Waals surface area contributed by atoms with E-state index < -0.39 is 17.3 Å². The molecular formula is C22H19F3N3O3+. The van der Waals surface area contributed by atoms with Gasteiger partial charge in [0.05, 0.1) is 24.2 Å². The second-order valence-corrected chi connectivity index (χ2v) is 7.31. The molecule has 2 heterocycles. The van der Waals surface area contributed by atoms with Crippen molar-refractivity contribution in [3.63, 3.8) is 0 Å². The molecule has 0 aliphatic heterocycles. The van der Waals surface area contributed by atoms with Gasteiger partial charge >= 0.3 is 17.7 Å². The molecule has 1 saturated carbocycles. The van der Waals surface area contributed by atoms with Crippen LogP contribution in [-0.4, -0.2) is 16.6 Å². The van der Waals surface area contributed by atoms with Crippen LogP contribution in [0, 0.1) is 5.92 Å². The molecule has 3 aromatic rings. The number of aromatic nitrogens is 2. The first-order chi connectivity index (χ1) is 14.8. The number of oxime groups is 1. The fourth-order valence-corrected chi connectivity index (χ4v) is 3.22. The van der Waals surface area contributed by atoms with Gasteiger partial charge in [-0.15, -0.1) is 0 Å². The van der Waals surface area contributed by atoms with Crippen LogP contribution < -0.4 is 10.1 Å². The lowest BCUT2D eigenvalue weighted by molar-refractivity contribution is -0.672. The van der Waals surface area contributed by atoms with Crippen LogP contribution in [0.3, 0.4) is 0 Å². The summed E-state index contributed by atoms with van der Waals surface area (Å²) in [6.45, 7) is 0.379. The van der Waals surface area contributed by atoms with Gasteiger partial charge in [0.2, 0.25) is 0 Å². The molecule has 2 aromatic heterocycles. The van der Waals surface area contributed by atoms with E-state index >= 15 is 0 Å². The van der Waals surface area contributed by atoms with Crippen molar-refractivity contribution in [2.75, 3.05) is 0 Å². The van der Waals surface area contributed by atoms with E-state index in [0.717, 1.165) is 25.0 Å². The molecule has 0 radical (unpaired) electrons. The van der Waals surface area contributed by atoms with Gasteiger partial charge in [-0.25, -0.2) is 14.2 Å². The molecule has 0 saturated heterocycles. The van der Waals surface area contributed by atoms with Crippen molar-refractivity contribution in [2.24, 2.45) is 11.1 Å². The highest BCUT2D eigenvalue weighted by Crippen LogP contribution is 2.31. The van der Waals surface area contributed by atoms with Crippen molar-refractivity contribution in [1.82, 2.24) is 4.40 Å². The molecule has 0 N–H and O–H groups in total. The topological polar surface area (TPSA) is 64.0 Å². The van der Waals surface area contributed by atoms with Crippen LogP contribution in [0.5, 0.6) is 0 Å². The van der Waals surface area contributed by atoms with E-state index in [-0.39, 0.29) is 23.0 Å². The summed E-state index contributed by atoms with van der Waals surface area (Å²) < 4.78 is 42.5. The number of pyridine rings is 1. The van der Waals surface area contributed by atoms with Crippen molar-refractivity contribution in [1.29, 1.82) is 0 Å². The van der Waals surface area contributed by atoms with Gasteiger partial charge in [0, 0.05) is 18.7 Å². The third-order valence-corrected chi connectivity index (χ3v) is 4.99. The van der Waals surface area contributed by atoms with Crippen LogP contribution in [0.4, 0.5) is 13.2 Å². The number of fused-ring (bicyclic) bond motifs is 1. The summed E-state index contributed by atoms with van der Waals surface area (Å²) in [6, 6.07) is 9.87. The lowest BCUT2D eigenvalue weighted by atomic mass is 10.1. The molecule has 1 aliphatic rings. The normalized spacial score (nSPS) is 14.3. The minimum Gasteiger partial charge on any atom is -0.318 e. The van der Waals surface area contributed by atoms with Crippen LogP contribution in [0.1, 0.15) is 24.8 Å². The zero-order valence-corrected chi connectivity index (χ0v) is 16.4. The summed E-state index contributed by atoms with van der Waals surface area (Å²) in [5.74, 6) is -0.390. The first-order valence-corrected chi connectivity index (χ1v) is 9.79. The van der Waals surface area contributed by atoms with Gasteiger partial charge in [-0.2, -0.15) is 17.6 Å². The van der Waals surface area contributed by atoms with E-state index in [1.807, 2.05) is 0 Å². The Morgan fingerprint density at radius 2 is 2.03 bits per heavy atom. The van der Waals surface area contributed by atoms with E-state index in [0.29, 0.717) is 18.6 Å². The second kappa shape index (κ2) is 8.33. The average Bonchev–Trinajstić information content (AvgIpc) is 3.60. The first-order valence-electron chi connectivity index (χ1n) is 9.79. The Hall–Kier alpha value is -3.49. The maximum atomic E-state index is 13.1. The molecule has 1 aromatic carbocycles. The molecule has 0 atom stereocenters. The first kappa shape index (κ1) is 20.8. The number of aryl methyl sites for hydroxylation is 1. The van der Waals surface area contributed by atoms with Gasteiger partial charge in [0.25, 0.3) is 5.65 Å². The summed E-state index contributed by atoms with van der Waals surface area (Å²) in [4.78, 5) is 29.2. The molecule has 0 unspecified atom stereocenters. The van der Waals surface area contributed by atoms with Gasteiger partial charge in [0.1, 0.15) is 11.8 Å². The Balaban J connectivity index is 1.64. The van der Waals surface area contributed by atoms with E-state index in [9.17, 15) is 22.8 Å². The number of halogens is 3. The predicted octanol–water partition coefficient (Wildman–Crippen LogP) is 3.60. The van der Waals surface area contributed by atoms with Crippen molar-refractivity contribution >= 4 is 17.8 Å². The number of benzene rings is 1. The van der Waals surface area contributed by atoms with Crippen molar-refractivity contribution < 1.29 is 27.4 Å². The predicted molar refractivity (Wildman–Crippen MR) is 106 cm³/mol. The molecule has 1 fully saturated rings. The highest BCUT2D eigenvalue weighted by atomic mass is 19.4. The number of carbonyl (C=O) groups is 1. The third-order valence-electron chi connectivity index (χ3n) is 4.99. The zero-order chi connectivity index (χ0) is 22.0. The van der Waals surface area contributed by atoms with Gasteiger partial charge in [0.15, 0.2) is 0 Å². The molecule has 9 heteroatoms. The minimum absolute atomic E-state index is 0.0495. The Bertz CT molecular complexity index is 1210. The highest BCUT2D eigenvalue weighted by molar-refractivity contribution is 5.75. The van der Waals surface area contributed by atoms with Gasteiger partial charge in [-0.3, -0.25) is 0 Å². The van der Waals surface area contributed by atoms with Crippen molar-refractivity contribution in [3.8, 4) is 11.1 Å². The van der Waals surface area contributed by atoms with Crippen LogP contribution in [0.2, 0.25) is 0 Å². The Morgan fingerprint density at radius 3 is 2.77 bits per heavy atom. The molecule has 160 valence electrons. The van der Waals surface area contributed by atoms with E-state index in [1.54, 1.807) is 29.0 Å². The maximum absolute atomic E-state index is 13.1. The van der Waals surface area contributed by atoms with E-state index in [4.69, 9.17) is 4.84 Å². The molecule has 6 nitrogen and oxygen atoms in total. The summed E-state index contributed by atoms with van der Waals surface area (Å²) >= 11 is 0. The molecule has 4 rings (SSSR count). The summed E-state index contributed by atoms with van der Waals surface area (Å²) in [5, 5.41) is 3.68. The summed E-state index contributed by atoms with van der Waals surface area (Å²) in [7, 11) is 0. The van der Waals surface area contributed by atoms with E-state index in [1.165, 1.54) is 28.9 Å². The lowest BCUT2D eigenvalue weighted by Crippen LogP contribution is -2.40. The van der Waals surface area contributed by atoms with Crippen molar-refractivity contribution in [3.05, 3.63) is 70.8 Å². The average molecular weight is 430 g/mol.